The first-order valence-electron chi connectivity index (χ1n) is 8.49. The van der Waals surface area contributed by atoms with Crippen LogP contribution in [0.25, 0.3) is 22.3 Å². The predicted molar refractivity (Wildman–Crippen MR) is 108 cm³/mol. The Labute approximate surface area is 161 Å². The third kappa shape index (κ3) is 3.79. The lowest BCUT2D eigenvalue weighted by atomic mass is 10.1. The van der Waals surface area contributed by atoms with Gasteiger partial charge >= 0.3 is 0 Å². The molecule has 3 aromatic rings. The number of fused-ring (bicyclic) bond motifs is 1. The number of aromatic nitrogens is 2. The second kappa shape index (κ2) is 8.02. The Bertz CT molecular complexity index is 1020. The van der Waals surface area contributed by atoms with Gasteiger partial charge in [0.25, 0.3) is 5.56 Å². The molecule has 7 heteroatoms. The van der Waals surface area contributed by atoms with Crippen molar-refractivity contribution in [3.05, 3.63) is 45.7 Å². The van der Waals surface area contributed by atoms with Crippen molar-refractivity contribution in [2.24, 2.45) is 0 Å². The molecule has 27 heavy (non-hydrogen) atoms. The molecule has 0 fully saturated rings. The number of aliphatic hydroxyl groups excluding tert-OH is 1. The van der Waals surface area contributed by atoms with E-state index in [0.29, 0.717) is 34.0 Å². The van der Waals surface area contributed by atoms with Crippen LogP contribution in [-0.2, 0) is 0 Å². The number of nitrogens with one attached hydrogen (secondary N) is 1. The van der Waals surface area contributed by atoms with Gasteiger partial charge in [-0.05, 0) is 37.1 Å². The number of aryl methyl sites for hydroxylation is 2. The van der Waals surface area contributed by atoms with E-state index in [9.17, 15) is 4.79 Å². The Morgan fingerprint density at radius 2 is 1.81 bits per heavy atom. The van der Waals surface area contributed by atoms with Crippen LogP contribution in [0.4, 0.5) is 0 Å². The highest BCUT2D eigenvalue weighted by Gasteiger charge is 2.14. The minimum atomic E-state index is -0.261. The first-order valence-corrected chi connectivity index (χ1v) is 9.48. The molecule has 2 aromatic carbocycles. The molecule has 0 radical (unpaired) electrons. The summed E-state index contributed by atoms with van der Waals surface area (Å²) in [6.45, 7) is 4.16. The monoisotopic (exact) mass is 386 g/mol. The van der Waals surface area contributed by atoms with Crippen molar-refractivity contribution in [1.29, 1.82) is 0 Å². The van der Waals surface area contributed by atoms with Crippen LogP contribution in [0.3, 0.4) is 0 Å². The first-order chi connectivity index (χ1) is 13.0. The van der Waals surface area contributed by atoms with Crippen molar-refractivity contribution < 1.29 is 14.6 Å². The van der Waals surface area contributed by atoms with Gasteiger partial charge in [0.15, 0.2) is 0 Å². The molecule has 3 rings (SSSR count). The van der Waals surface area contributed by atoms with Crippen LogP contribution in [0.5, 0.6) is 11.5 Å². The number of ether oxygens (including phenoxy) is 2. The number of nitrogens with zero attached hydrogens (tertiary/aromatic N) is 1. The van der Waals surface area contributed by atoms with Crippen molar-refractivity contribution in [3.63, 3.8) is 0 Å². The van der Waals surface area contributed by atoms with Gasteiger partial charge in [-0.15, -0.1) is 11.8 Å². The maximum Gasteiger partial charge on any atom is 0.262 e. The molecule has 1 aromatic heterocycles. The SMILES string of the molecule is COc1cc(OC)c2c(=O)[nH]c(-c3cc(C)c(SCCO)c(C)c3)nc2c1. The zero-order valence-electron chi connectivity index (χ0n) is 15.8. The number of rotatable bonds is 6. The van der Waals surface area contributed by atoms with Gasteiger partial charge in [0.2, 0.25) is 0 Å². The van der Waals surface area contributed by atoms with E-state index in [1.165, 1.54) is 7.11 Å². The number of methoxy groups -OCH3 is 2. The van der Waals surface area contributed by atoms with E-state index in [4.69, 9.17) is 14.6 Å². The molecular formula is C20H22N2O4S. The fraction of sp³-hybridized carbons (Fsp3) is 0.300. The van der Waals surface area contributed by atoms with E-state index in [0.717, 1.165) is 21.6 Å². The molecular weight excluding hydrogens is 364 g/mol. The topological polar surface area (TPSA) is 84.4 Å². The van der Waals surface area contributed by atoms with Gasteiger partial charge in [-0.2, -0.15) is 0 Å². The lowest BCUT2D eigenvalue weighted by Gasteiger charge is -2.13. The molecule has 0 aliphatic heterocycles. The van der Waals surface area contributed by atoms with Crippen LogP contribution in [0, 0.1) is 13.8 Å². The summed E-state index contributed by atoms with van der Waals surface area (Å²) in [4.78, 5) is 21.3. The standard InChI is InChI=1S/C20H22N2O4S/c1-11-7-13(8-12(2)18(11)27-6-5-23)19-21-15-9-14(25-3)10-16(26-4)17(15)20(24)22-19/h7-10,23H,5-6H2,1-4H3,(H,21,22,24). The Balaban J connectivity index is 2.16. The van der Waals surface area contributed by atoms with E-state index in [2.05, 4.69) is 9.97 Å². The number of aliphatic hydroxyl groups is 1. The van der Waals surface area contributed by atoms with E-state index in [1.54, 1.807) is 31.0 Å². The van der Waals surface area contributed by atoms with Crippen LogP contribution in [0.15, 0.2) is 34.0 Å². The van der Waals surface area contributed by atoms with Gasteiger partial charge in [0, 0.05) is 28.3 Å². The minimum absolute atomic E-state index is 0.133. The maximum absolute atomic E-state index is 12.7. The number of benzene rings is 2. The average Bonchev–Trinajstić information content (AvgIpc) is 2.66. The van der Waals surface area contributed by atoms with E-state index < -0.39 is 0 Å². The summed E-state index contributed by atoms with van der Waals surface area (Å²) in [5.41, 5.74) is 3.24. The molecule has 0 bridgehead atoms. The summed E-state index contributed by atoms with van der Waals surface area (Å²) in [6.07, 6.45) is 0. The molecule has 0 aliphatic carbocycles. The fourth-order valence-electron chi connectivity index (χ4n) is 3.09. The molecule has 0 amide bonds. The van der Waals surface area contributed by atoms with Gasteiger partial charge in [-0.1, -0.05) is 0 Å². The van der Waals surface area contributed by atoms with Gasteiger partial charge in [-0.3, -0.25) is 4.79 Å². The van der Waals surface area contributed by atoms with Crippen molar-refractivity contribution in [2.75, 3.05) is 26.6 Å². The number of H-pyrrole nitrogens is 1. The molecule has 0 unspecified atom stereocenters. The molecule has 0 atom stereocenters. The summed E-state index contributed by atoms with van der Waals surface area (Å²) in [6, 6.07) is 7.38. The van der Waals surface area contributed by atoms with Crippen LogP contribution in [0.1, 0.15) is 11.1 Å². The average molecular weight is 386 g/mol. The van der Waals surface area contributed by atoms with E-state index in [1.807, 2.05) is 26.0 Å². The maximum atomic E-state index is 12.7. The molecule has 0 aliphatic rings. The molecule has 1 heterocycles. The largest absolute Gasteiger partial charge is 0.497 e. The van der Waals surface area contributed by atoms with Crippen molar-refractivity contribution in [3.8, 4) is 22.9 Å². The molecule has 142 valence electrons. The zero-order chi connectivity index (χ0) is 19.6. The minimum Gasteiger partial charge on any atom is -0.497 e. The highest BCUT2D eigenvalue weighted by molar-refractivity contribution is 7.99. The van der Waals surface area contributed by atoms with E-state index >= 15 is 0 Å². The highest BCUT2D eigenvalue weighted by Crippen LogP contribution is 2.32. The molecule has 0 spiro atoms. The summed E-state index contributed by atoms with van der Waals surface area (Å²) < 4.78 is 10.6. The molecule has 2 N–H and O–H groups in total. The second-order valence-electron chi connectivity index (χ2n) is 6.15. The third-order valence-electron chi connectivity index (χ3n) is 4.27. The zero-order valence-corrected chi connectivity index (χ0v) is 16.6. The lowest BCUT2D eigenvalue weighted by molar-refractivity contribution is 0.322. The van der Waals surface area contributed by atoms with Gasteiger partial charge in [0.1, 0.15) is 22.7 Å². The predicted octanol–water partition coefficient (Wildman–Crippen LogP) is 3.31. The number of aromatic amines is 1. The Morgan fingerprint density at radius 1 is 1.11 bits per heavy atom. The van der Waals surface area contributed by atoms with Crippen molar-refractivity contribution in [1.82, 2.24) is 9.97 Å². The summed E-state index contributed by atoms with van der Waals surface area (Å²) in [5, 5.41) is 9.46. The fourth-order valence-corrected chi connectivity index (χ4v) is 3.96. The van der Waals surface area contributed by atoms with Crippen LogP contribution >= 0.6 is 11.8 Å². The summed E-state index contributed by atoms with van der Waals surface area (Å²) in [7, 11) is 3.07. The van der Waals surface area contributed by atoms with Gasteiger partial charge < -0.3 is 19.6 Å². The summed E-state index contributed by atoms with van der Waals surface area (Å²) >= 11 is 1.62. The number of hydrogen-bond donors (Lipinski definition) is 2. The highest BCUT2D eigenvalue weighted by atomic mass is 32.2. The van der Waals surface area contributed by atoms with Crippen molar-refractivity contribution in [2.45, 2.75) is 18.7 Å². The number of thioether (sulfide) groups is 1. The molecule has 0 saturated carbocycles. The lowest BCUT2D eigenvalue weighted by Crippen LogP contribution is -2.11. The third-order valence-corrected chi connectivity index (χ3v) is 5.59. The van der Waals surface area contributed by atoms with Crippen LogP contribution in [-0.4, -0.2) is 41.7 Å². The van der Waals surface area contributed by atoms with Gasteiger partial charge in [-0.25, -0.2) is 4.98 Å². The number of hydrogen-bond acceptors (Lipinski definition) is 6. The second-order valence-corrected chi connectivity index (χ2v) is 7.25. The normalized spacial score (nSPS) is 11.0. The Hall–Kier alpha value is -2.51. The van der Waals surface area contributed by atoms with Gasteiger partial charge in [0.05, 0.1) is 26.3 Å². The smallest absolute Gasteiger partial charge is 0.262 e. The van der Waals surface area contributed by atoms with Crippen LogP contribution in [0.2, 0.25) is 0 Å². The quantitative estimate of drug-likeness (QED) is 0.633. The molecule has 6 nitrogen and oxygen atoms in total. The van der Waals surface area contributed by atoms with E-state index in [-0.39, 0.29) is 12.2 Å². The van der Waals surface area contributed by atoms with Crippen molar-refractivity contribution >= 4 is 22.7 Å². The Morgan fingerprint density at radius 3 is 2.41 bits per heavy atom. The molecule has 0 saturated heterocycles. The van der Waals surface area contributed by atoms with Crippen LogP contribution < -0.4 is 15.0 Å². The summed E-state index contributed by atoms with van der Waals surface area (Å²) in [5.74, 6) is 2.14. The first kappa shape index (κ1) is 19.3. The Kier molecular flexibility index (Phi) is 5.72.